The maximum atomic E-state index is 13.4. The lowest BCUT2D eigenvalue weighted by Gasteiger charge is -2.32. The van der Waals surface area contributed by atoms with Crippen LogP contribution in [0.1, 0.15) is 18.4 Å². The quantitative estimate of drug-likeness (QED) is 0.758. The molecular weight excluding hydrogens is 283 g/mol. The number of benzene rings is 1. The zero-order chi connectivity index (χ0) is 14.8. The molecule has 1 aliphatic rings. The number of halogens is 1. The van der Waals surface area contributed by atoms with Crippen molar-refractivity contribution in [1.82, 2.24) is 10.0 Å². The third kappa shape index (κ3) is 3.54. The monoisotopic (exact) mass is 302 g/mol. The maximum absolute atomic E-state index is 13.4. The fourth-order valence-electron chi connectivity index (χ4n) is 2.16. The van der Waals surface area contributed by atoms with Gasteiger partial charge in [0.1, 0.15) is 5.82 Å². The Labute approximate surface area is 118 Å². The highest BCUT2D eigenvalue weighted by atomic mass is 32.2. The van der Waals surface area contributed by atoms with Gasteiger partial charge in [-0.1, -0.05) is 6.07 Å². The molecule has 1 atom stereocenters. The van der Waals surface area contributed by atoms with Crippen molar-refractivity contribution in [2.45, 2.75) is 30.3 Å². The molecule has 1 fully saturated rings. The van der Waals surface area contributed by atoms with Gasteiger partial charge >= 0.3 is 0 Å². The Morgan fingerprint density at radius 1 is 1.50 bits per heavy atom. The van der Waals surface area contributed by atoms with Gasteiger partial charge in [-0.25, -0.2) is 17.5 Å². The molecule has 1 aromatic carbocycles. The van der Waals surface area contributed by atoms with Gasteiger partial charge in [0.25, 0.3) is 0 Å². The average molecular weight is 302 g/mol. The summed E-state index contributed by atoms with van der Waals surface area (Å²) >= 11 is 0. The summed E-state index contributed by atoms with van der Waals surface area (Å²) in [6.07, 6.45) is 1.32. The van der Waals surface area contributed by atoms with E-state index >= 15 is 0 Å². The standard InChI is InChI=1S/C13H19FN2O3S/c1-10-3-4-11(7-12(10)14)20(18,19)16-9-13(17)5-2-6-15-8-13/h3-4,7,15-17H,2,5-6,8-9H2,1H3. The SMILES string of the molecule is Cc1ccc(S(=O)(=O)NCC2(O)CCCNC2)cc1F. The van der Waals surface area contributed by atoms with Crippen LogP contribution in [-0.4, -0.2) is 38.8 Å². The highest BCUT2D eigenvalue weighted by molar-refractivity contribution is 7.89. The second kappa shape index (κ2) is 5.77. The lowest BCUT2D eigenvalue weighted by atomic mass is 9.95. The van der Waals surface area contributed by atoms with E-state index in [1.54, 1.807) is 6.92 Å². The summed E-state index contributed by atoms with van der Waals surface area (Å²) in [4.78, 5) is -0.132. The van der Waals surface area contributed by atoms with Crippen molar-refractivity contribution in [2.75, 3.05) is 19.6 Å². The zero-order valence-corrected chi connectivity index (χ0v) is 12.1. The highest BCUT2D eigenvalue weighted by Crippen LogP contribution is 2.17. The van der Waals surface area contributed by atoms with Crippen molar-refractivity contribution in [2.24, 2.45) is 0 Å². The van der Waals surface area contributed by atoms with Crippen LogP contribution in [0.5, 0.6) is 0 Å². The summed E-state index contributed by atoms with van der Waals surface area (Å²) in [5.74, 6) is -0.564. The van der Waals surface area contributed by atoms with Crippen LogP contribution in [0.4, 0.5) is 4.39 Å². The van der Waals surface area contributed by atoms with E-state index in [1.807, 2.05) is 0 Å². The van der Waals surface area contributed by atoms with Crippen LogP contribution in [-0.2, 0) is 10.0 Å². The smallest absolute Gasteiger partial charge is 0.240 e. The van der Waals surface area contributed by atoms with Crippen LogP contribution < -0.4 is 10.0 Å². The van der Waals surface area contributed by atoms with E-state index in [4.69, 9.17) is 0 Å². The summed E-state index contributed by atoms with van der Waals surface area (Å²) in [5, 5.41) is 13.2. The van der Waals surface area contributed by atoms with Gasteiger partial charge in [0, 0.05) is 13.1 Å². The number of rotatable bonds is 4. The predicted octanol–water partition coefficient (Wildman–Crippen LogP) is 0.527. The fourth-order valence-corrected chi connectivity index (χ4v) is 3.29. The molecule has 7 heteroatoms. The minimum absolute atomic E-state index is 0.0855. The molecule has 0 amide bonds. The van der Waals surface area contributed by atoms with Crippen molar-refractivity contribution in [3.63, 3.8) is 0 Å². The Hall–Kier alpha value is -1.02. The first-order valence-corrected chi connectivity index (χ1v) is 8.00. The summed E-state index contributed by atoms with van der Waals surface area (Å²) in [5.41, 5.74) is -0.701. The van der Waals surface area contributed by atoms with Gasteiger partial charge < -0.3 is 10.4 Å². The topological polar surface area (TPSA) is 78.4 Å². The van der Waals surface area contributed by atoms with Crippen LogP contribution in [0, 0.1) is 12.7 Å². The maximum Gasteiger partial charge on any atom is 0.240 e. The number of nitrogens with one attached hydrogen (secondary N) is 2. The molecule has 5 nitrogen and oxygen atoms in total. The minimum Gasteiger partial charge on any atom is -0.387 e. The Kier molecular flexibility index (Phi) is 4.43. The van der Waals surface area contributed by atoms with E-state index in [2.05, 4.69) is 10.0 Å². The Balaban J connectivity index is 2.09. The van der Waals surface area contributed by atoms with Crippen molar-refractivity contribution in [3.8, 4) is 0 Å². The summed E-state index contributed by atoms with van der Waals surface area (Å²) < 4.78 is 39.9. The number of hydrogen-bond acceptors (Lipinski definition) is 4. The molecule has 0 radical (unpaired) electrons. The molecule has 0 aliphatic carbocycles. The summed E-state index contributed by atoms with van der Waals surface area (Å²) in [7, 11) is -3.81. The number of piperidine rings is 1. The van der Waals surface area contributed by atoms with Crippen LogP contribution >= 0.6 is 0 Å². The van der Waals surface area contributed by atoms with Crippen LogP contribution in [0.15, 0.2) is 23.1 Å². The van der Waals surface area contributed by atoms with Gasteiger partial charge in [-0.2, -0.15) is 0 Å². The lowest BCUT2D eigenvalue weighted by molar-refractivity contribution is 0.0218. The van der Waals surface area contributed by atoms with Crippen molar-refractivity contribution < 1.29 is 17.9 Å². The van der Waals surface area contributed by atoms with Gasteiger partial charge in [0.05, 0.1) is 10.5 Å². The molecule has 0 spiro atoms. The number of aliphatic hydroxyl groups is 1. The first-order chi connectivity index (χ1) is 9.32. The van der Waals surface area contributed by atoms with E-state index in [1.165, 1.54) is 12.1 Å². The minimum atomic E-state index is -3.81. The summed E-state index contributed by atoms with van der Waals surface area (Å²) in [6.45, 7) is 2.64. The van der Waals surface area contributed by atoms with E-state index < -0.39 is 21.4 Å². The fraction of sp³-hybridized carbons (Fsp3) is 0.538. The molecule has 1 aromatic rings. The molecule has 3 N–H and O–H groups in total. The lowest BCUT2D eigenvalue weighted by Crippen LogP contribution is -2.52. The number of aryl methyl sites for hydroxylation is 1. The Morgan fingerprint density at radius 2 is 2.25 bits per heavy atom. The van der Waals surface area contributed by atoms with Gasteiger partial charge in [-0.3, -0.25) is 0 Å². The molecule has 1 aliphatic heterocycles. The average Bonchev–Trinajstić information content (AvgIpc) is 2.41. The molecule has 20 heavy (non-hydrogen) atoms. The van der Waals surface area contributed by atoms with Crippen LogP contribution in [0.3, 0.4) is 0 Å². The molecule has 0 aromatic heterocycles. The van der Waals surface area contributed by atoms with Gasteiger partial charge in [-0.15, -0.1) is 0 Å². The molecule has 1 saturated heterocycles. The zero-order valence-electron chi connectivity index (χ0n) is 11.3. The number of hydrogen-bond donors (Lipinski definition) is 3. The van der Waals surface area contributed by atoms with E-state index in [9.17, 15) is 17.9 Å². The van der Waals surface area contributed by atoms with Crippen molar-refractivity contribution >= 4 is 10.0 Å². The van der Waals surface area contributed by atoms with Crippen molar-refractivity contribution in [3.05, 3.63) is 29.6 Å². The largest absolute Gasteiger partial charge is 0.387 e. The number of β-amino-alcohol motifs (C(OH)–C–C–N with tert-alkyl or cyclic N) is 1. The van der Waals surface area contributed by atoms with Crippen LogP contribution in [0.25, 0.3) is 0 Å². The van der Waals surface area contributed by atoms with Gasteiger partial charge in [0.15, 0.2) is 0 Å². The van der Waals surface area contributed by atoms with Crippen molar-refractivity contribution in [1.29, 1.82) is 0 Å². The molecule has 2 rings (SSSR count). The number of sulfonamides is 1. The third-order valence-electron chi connectivity index (χ3n) is 3.49. The van der Waals surface area contributed by atoms with E-state index in [0.29, 0.717) is 18.5 Å². The van der Waals surface area contributed by atoms with E-state index in [-0.39, 0.29) is 11.4 Å². The Bertz CT molecular complexity index is 583. The second-order valence-electron chi connectivity index (χ2n) is 5.24. The first-order valence-electron chi connectivity index (χ1n) is 6.51. The summed E-state index contributed by atoms with van der Waals surface area (Å²) in [6, 6.07) is 3.76. The second-order valence-corrected chi connectivity index (χ2v) is 7.01. The normalized spacial score (nSPS) is 23.8. The van der Waals surface area contributed by atoms with Gasteiger partial charge in [-0.05, 0) is 44.0 Å². The van der Waals surface area contributed by atoms with Crippen LogP contribution in [0.2, 0.25) is 0 Å². The molecule has 112 valence electrons. The molecule has 1 unspecified atom stereocenters. The predicted molar refractivity (Wildman–Crippen MR) is 73.4 cm³/mol. The molecule has 1 heterocycles. The third-order valence-corrected chi connectivity index (χ3v) is 4.89. The first kappa shape index (κ1) is 15.4. The van der Waals surface area contributed by atoms with E-state index in [0.717, 1.165) is 19.0 Å². The molecule has 0 bridgehead atoms. The Morgan fingerprint density at radius 3 is 2.85 bits per heavy atom. The molecular formula is C13H19FN2O3S. The highest BCUT2D eigenvalue weighted by Gasteiger charge is 2.31. The molecule has 0 saturated carbocycles. The van der Waals surface area contributed by atoms with Gasteiger partial charge in [0.2, 0.25) is 10.0 Å².